The summed E-state index contributed by atoms with van der Waals surface area (Å²) in [5.41, 5.74) is 1.40. The van der Waals surface area contributed by atoms with Crippen molar-refractivity contribution in [2.24, 2.45) is 10.9 Å². The molecule has 0 radical (unpaired) electrons. The minimum atomic E-state index is -0.170. The maximum atomic E-state index is 12.1. The molecule has 142 valence electrons. The van der Waals surface area contributed by atoms with Crippen LogP contribution in [0.3, 0.4) is 0 Å². The number of ether oxygens (including phenoxy) is 1. The van der Waals surface area contributed by atoms with Crippen LogP contribution in [0.4, 0.5) is 5.69 Å². The molecule has 26 heavy (non-hydrogen) atoms. The van der Waals surface area contributed by atoms with Gasteiger partial charge in [0.1, 0.15) is 0 Å². The number of anilines is 1. The van der Waals surface area contributed by atoms with Gasteiger partial charge >= 0.3 is 0 Å². The average molecular weight is 358 g/mol. The summed E-state index contributed by atoms with van der Waals surface area (Å²) in [6.45, 7) is 7.82. The van der Waals surface area contributed by atoms with Crippen molar-refractivity contribution in [2.75, 3.05) is 32.1 Å². The summed E-state index contributed by atoms with van der Waals surface area (Å²) in [5.74, 6) is 3.41. The zero-order valence-electron chi connectivity index (χ0n) is 16.1. The molecule has 1 aromatic carbocycles. The molecular formula is C20H30N4O2. The molecule has 6 nitrogen and oxygen atoms in total. The largest absolute Gasteiger partial charge is 0.378 e. The van der Waals surface area contributed by atoms with Crippen LogP contribution in [0, 0.1) is 18.3 Å². The fourth-order valence-electron chi connectivity index (χ4n) is 2.43. The van der Waals surface area contributed by atoms with Crippen LogP contribution >= 0.6 is 0 Å². The van der Waals surface area contributed by atoms with Gasteiger partial charge in [0, 0.05) is 31.5 Å². The molecule has 0 aliphatic rings. The number of nitrogens with one attached hydrogen (secondary N) is 3. The normalized spacial score (nSPS) is 12.4. The van der Waals surface area contributed by atoms with Crippen LogP contribution in [0.15, 0.2) is 29.3 Å². The highest BCUT2D eigenvalue weighted by Gasteiger charge is 2.13. The van der Waals surface area contributed by atoms with E-state index >= 15 is 0 Å². The number of nitrogens with zero attached hydrogens (tertiary/aromatic N) is 1. The highest BCUT2D eigenvalue weighted by Crippen LogP contribution is 2.10. The molecule has 1 atom stereocenters. The molecule has 0 heterocycles. The van der Waals surface area contributed by atoms with Gasteiger partial charge < -0.3 is 20.7 Å². The van der Waals surface area contributed by atoms with E-state index in [4.69, 9.17) is 11.2 Å². The van der Waals surface area contributed by atoms with Crippen molar-refractivity contribution in [1.82, 2.24) is 10.6 Å². The fourth-order valence-corrected chi connectivity index (χ4v) is 2.43. The monoisotopic (exact) mass is 358 g/mol. The smallest absolute Gasteiger partial charge is 0.243 e. The van der Waals surface area contributed by atoms with Crippen LogP contribution in [0.5, 0.6) is 0 Å². The molecule has 3 N–H and O–H groups in total. The highest BCUT2D eigenvalue weighted by atomic mass is 16.5. The van der Waals surface area contributed by atoms with Crippen LogP contribution in [-0.2, 0) is 9.53 Å². The lowest BCUT2D eigenvalue weighted by Gasteiger charge is -2.21. The average Bonchev–Trinajstić information content (AvgIpc) is 2.63. The number of carbonyl (C=O) groups is 1. The lowest BCUT2D eigenvalue weighted by molar-refractivity contribution is -0.115. The van der Waals surface area contributed by atoms with Crippen LogP contribution in [-0.4, -0.2) is 44.7 Å². The van der Waals surface area contributed by atoms with Gasteiger partial charge in [-0.2, -0.15) is 0 Å². The number of terminal acetylenes is 1. The van der Waals surface area contributed by atoms with E-state index in [-0.39, 0.29) is 18.6 Å². The molecule has 6 heteroatoms. The Balaban J connectivity index is 2.39. The topological polar surface area (TPSA) is 74.8 Å². The van der Waals surface area contributed by atoms with E-state index in [1.807, 2.05) is 19.1 Å². The van der Waals surface area contributed by atoms with Crippen molar-refractivity contribution in [3.05, 3.63) is 29.8 Å². The molecule has 0 saturated heterocycles. The lowest BCUT2D eigenvalue weighted by Crippen LogP contribution is -2.42. The Morgan fingerprint density at radius 1 is 1.35 bits per heavy atom. The minimum Gasteiger partial charge on any atom is -0.378 e. The highest BCUT2D eigenvalue weighted by molar-refractivity contribution is 5.95. The van der Waals surface area contributed by atoms with Crippen LogP contribution in [0.2, 0.25) is 0 Å². The van der Waals surface area contributed by atoms with E-state index in [2.05, 4.69) is 40.7 Å². The molecule has 0 aromatic heterocycles. The summed E-state index contributed by atoms with van der Waals surface area (Å²) in [7, 11) is 1.67. The Labute approximate surface area is 156 Å². The van der Waals surface area contributed by atoms with Crippen molar-refractivity contribution in [3.63, 3.8) is 0 Å². The first-order chi connectivity index (χ1) is 12.5. The number of hydrogen-bond donors (Lipinski definition) is 3. The van der Waals surface area contributed by atoms with Gasteiger partial charge in [-0.1, -0.05) is 25.8 Å². The molecule has 1 unspecified atom stereocenters. The summed E-state index contributed by atoms with van der Waals surface area (Å²) < 4.78 is 5.72. The third-order valence-electron chi connectivity index (χ3n) is 3.80. The number of carbonyl (C=O) groups excluding carboxylic acids is 1. The summed E-state index contributed by atoms with van der Waals surface area (Å²) >= 11 is 0. The quantitative estimate of drug-likeness (QED) is 0.359. The lowest BCUT2D eigenvalue weighted by atomic mass is 10.0. The van der Waals surface area contributed by atoms with Crippen LogP contribution < -0.4 is 16.0 Å². The fraction of sp³-hybridized carbons (Fsp3) is 0.500. The third kappa shape index (κ3) is 8.04. The van der Waals surface area contributed by atoms with E-state index in [1.54, 1.807) is 19.2 Å². The van der Waals surface area contributed by atoms with Gasteiger partial charge in [-0.15, -0.1) is 6.42 Å². The molecule has 1 aromatic rings. The van der Waals surface area contributed by atoms with Gasteiger partial charge in [0.05, 0.1) is 12.6 Å². The zero-order valence-corrected chi connectivity index (χ0v) is 16.1. The van der Waals surface area contributed by atoms with Gasteiger partial charge in [0.25, 0.3) is 0 Å². The second kappa shape index (κ2) is 11.9. The maximum absolute atomic E-state index is 12.1. The second-order valence-corrected chi connectivity index (χ2v) is 6.15. The Hall–Kier alpha value is -2.52. The first-order valence-corrected chi connectivity index (χ1v) is 8.92. The van der Waals surface area contributed by atoms with E-state index in [0.29, 0.717) is 30.7 Å². The molecule has 0 spiro atoms. The van der Waals surface area contributed by atoms with E-state index < -0.39 is 0 Å². The molecule has 1 amide bonds. The molecule has 0 bridgehead atoms. The minimum absolute atomic E-state index is 0.110. The predicted molar refractivity (Wildman–Crippen MR) is 107 cm³/mol. The van der Waals surface area contributed by atoms with Crippen molar-refractivity contribution >= 4 is 17.6 Å². The first-order valence-electron chi connectivity index (χ1n) is 8.92. The molecule has 0 fully saturated rings. The molecule has 0 aliphatic heterocycles. The SMILES string of the molecule is C#Cc1cccc(NC(=O)CNC(=NC)NCCC(OCC)C(C)C)c1. The van der Waals surface area contributed by atoms with Crippen LogP contribution in [0.25, 0.3) is 0 Å². The van der Waals surface area contributed by atoms with Gasteiger partial charge in [-0.05, 0) is 37.5 Å². The van der Waals surface area contributed by atoms with E-state index in [1.165, 1.54) is 0 Å². The number of amides is 1. The number of benzene rings is 1. The summed E-state index contributed by atoms with van der Waals surface area (Å²) in [4.78, 5) is 16.2. The van der Waals surface area contributed by atoms with Crippen molar-refractivity contribution < 1.29 is 9.53 Å². The Bertz CT molecular complexity index is 635. The third-order valence-corrected chi connectivity index (χ3v) is 3.80. The molecule has 1 rings (SSSR count). The summed E-state index contributed by atoms with van der Waals surface area (Å²) in [6, 6.07) is 7.17. The van der Waals surface area contributed by atoms with Gasteiger partial charge in [0.15, 0.2) is 5.96 Å². The van der Waals surface area contributed by atoms with Gasteiger partial charge in [-0.3, -0.25) is 9.79 Å². The van der Waals surface area contributed by atoms with Crippen molar-refractivity contribution in [2.45, 2.75) is 33.3 Å². The number of guanidine groups is 1. The van der Waals surface area contributed by atoms with Gasteiger partial charge in [0.2, 0.25) is 5.91 Å². The maximum Gasteiger partial charge on any atom is 0.243 e. The zero-order chi connectivity index (χ0) is 19.4. The number of rotatable bonds is 9. The summed E-state index contributed by atoms with van der Waals surface area (Å²) in [5, 5.41) is 9.00. The van der Waals surface area contributed by atoms with E-state index in [9.17, 15) is 4.79 Å². The first kappa shape index (κ1) is 21.5. The van der Waals surface area contributed by atoms with Gasteiger partial charge in [-0.25, -0.2) is 0 Å². The predicted octanol–water partition coefficient (Wildman–Crippen LogP) is 2.22. The Morgan fingerprint density at radius 3 is 2.73 bits per heavy atom. The second-order valence-electron chi connectivity index (χ2n) is 6.15. The Kier molecular flexibility index (Phi) is 9.88. The number of hydrogen-bond acceptors (Lipinski definition) is 3. The molecule has 0 aliphatic carbocycles. The summed E-state index contributed by atoms with van der Waals surface area (Å²) in [6.07, 6.45) is 6.44. The van der Waals surface area contributed by atoms with Crippen molar-refractivity contribution in [3.8, 4) is 12.3 Å². The standard InChI is InChI=1S/C20H30N4O2/c1-6-16-9-8-10-17(13-16)24-19(25)14-23-20(21-5)22-12-11-18(15(3)4)26-7-2/h1,8-10,13,15,18H,7,11-12,14H2,2-5H3,(H,24,25)(H2,21,22,23). The molecule has 0 saturated carbocycles. The number of aliphatic imine (C=N–C) groups is 1. The Morgan fingerprint density at radius 2 is 2.12 bits per heavy atom. The van der Waals surface area contributed by atoms with E-state index in [0.717, 1.165) is 12.0 Å². The van der Waals surface area contributed by atoms with Crippen LogP contribution in [0.1, 0.15) is 32.8 Å². The molecular weight excluding hydrogens is 328 g/mol. The van der Waals surface area contributed by atoms with Crippen molar-refractivity contribution in [1.29, 1.82) is 0 Å².